The molecular formula is C14H25N3O. The zero-order valence-corrected chi connectivity index (χ0v) is 12.0. The lowest BCUT2D eigenvalue weighted by atomic mass is 9.88. The van der Waals surface area contributed by atoms with Gasteiger partial charge in [-0.15, -0.1) is 0 Å². The highest BCUT2D eigenvalue weighted by atomic mass is 16.5. The number of rotatable bonds is 4. The van der Waals surface area contributed by atoms with Crippen LogP contribution in [0.4, 0.5) is 0 Å². The Morgan fingerprint density at radius 3 is 2.94 bits per heavy atom. The van der Waals surface area contributed by atoms with E-state index in [4.69, 9.17) is 4.74 Å². The largest absolute Gasteiger partial charge is 0.376 e. The number of hydrogen-bond acceptors (Lipinski definition) is 3. The molecule has 2 rings (SSSR count). The van der Waals surface area contributed by atoms with E-state index in [0.717, 1.165) is 32.0 Å². The van der Waals surface area contributed by atoms with Crippen molar-refractivity contribution in [1.29, 1.82) is 0 Å². The lowest BCUT2D eigenvalue weighted by Crippen LogP contribution is -2.38. The fourth-order valence-corrected chi connectivity index (χ4v) is 2.85. The van der Waals surface area contributed by atoms with Crippen molar-refractivity contribution < 1.29 is 4.74 Å². The first-order valence-electron chi connectivity index (χ1n) is 6.77. The maximum absolute atomic E-state index is 5.77. The molecule has 0 aromatic carbocycles. The third-order valence-corrected chi connectivity index (χ3v) is 3.74. The van der Waals surface area contributed by atoms with Gasteiger partial charge in [-0.25, -0.2) is 0 Å². The van der Waals surface area contributed by atoms with Gasteiger partial charge in [0.25, 0.3) is 0 Å². The summed E-state index contributed by atoms with van der Waals surface area (Å²) in [6, 6.07) is 0. The highest BCUT2D eigenvalue weighted by Crippen LogP contribution is 2.29. The van der Waals surface area contributed by atoms with E-state index in [9.17, 15) is 0 Å². The average Bonchev–Trinajstić information content (AvgIpc) is 2.62. The van der Waals surface area contributed by atoms with Gasteiger partial charge in [0.1, 0.15) is 0 Å². The van der Waals surface area contributed by atoms with Gasteiger partial charge in [-0.1, -0.05) is 0 Å². The summed E-state index contributed by atoms with van der Waals surface area (Å²) in [5.74, 6) is 0.742. The van der Waals surface area contributed by atoms with Gasteiger partial charge < -0.3 is 9.64 Å². The predicted octanol–water partition coefficient (Wildman–Crippen LogP) is 2.36. The first-order chi connectivity index (χ1) is 8.46. The Morgan fingerprint density at radius 1 is 1.56 bits per heavy atom. The van der Waals surface area contributed by atoms with E-state index in [1.165, 1.54) is 17.7 Å². The monoisotopic (exact) mass is 251 g/mol. The second-order valence-corrected chi connectivity index (χ2v) is 6.18. The summed E-state index contributed by atoms with van der Waals surface area (Å²) >= 11 is 0. The summed E-state index contributed by atoms with van der Waals surface area (Å²) in [6.07, 6.45) is 4.26. The maximum atomic E-state index is 5.77. The Hall–Kier alpha value is -0.870. The zero-order chi connectivity index (χ0) is 13.2. The number of aromatic amines is 1. The molecule has 1 aromatic heterocycles. The molecule has 1 atom stereocenters. The number of nitrogens with zero attached hydrogens (tertiary/aromatic N) is 2. The third kappa shape index (κ3) is 3.56. The molecule has 4 heteroatoms. The molecule has 1 aliphatic heterocycles. The number of ether oxygens (including phenoxy) is 1. The quantitative estimate of drug-likeness (QED) is 0.893. The minimum atomic E-state index is 0.0509. The zero-order valence-electron chi connectivity index (χ0n) is 12.0. The normalized spacial score (nSPS) is 23.5. The molecule has 0 bridgehead atoms. The van der Waals surface area contributed by atoms with E-state index in [0.29, 0.717) is 0 Å². The summed E-state index contributed by atoms with van der Waals surface area (Å²) < 4.78 is 5.77. The number of H-pyrrole nitrogens is 1. The van der Waals surface area contributed by atoms with Crippen molar-refractivity contribution in [1.82, 2.24) is 15.1 Å². The molecule has 0 unspecified atom stereocenters. The molecule has 1 aliphatic rings. The molecule has 0 amide bonds. The van der Waals surface area contributed by atoms with Crippen LogP contribution in [0.3, 0.4) is 0 Å². The van der Waals surface area contributed by atoms with Crippen molar-refractivity contribution in [2.24, 2.45) is 5.92 Å². The minimum absolute atomic E-state index is 0.0509. The Balaban J connectivity index is 1.84. The molecule has 0 saturated carbocycles. The number of aryl methyl sites for hydroxylation is 1. The van der Waals surface area contributed by atoms with E-state index in [2.05, 4.69) is 42.9 Å². The minimum Gasteiger partial charge on any atom is -0.376 e. The molecule has 0 aliphatic carbocycles. The van der Waals surface area contributed by atoms with Crippen molar-refractivity contribution in [2.45, 2.75) is 45.8 Å². The summed E-state index contributed by atoms with van der Waals surface area (Å²) in [5.41, 5.74) is 2.52. The van der Waals surface area contributed by atoms with Crippen molar-refractivity contribution in [3.8, 4) is 0 Å². The predicted molar refractivity (Wildman–Crippen MR) is 72.4 cm³/mol. The van der Waals surface area contributed by atoms with Crippen LogP contribution in [0.15, 0.2) is 6.20 Å². The molecule has 1 saturated heterocycles. The first kappa shape index (κ1) is 13.6. The fraction of sp³-hybridized carbons (Fsp3) is 0.786. The van der Waals surface area contributed by atoms with E-state index in [1.807, 2.05) is 6.20 Å². The molecule has 1 aromatic rings. The Labute approximate surface area is 110 Å². The SMILES string of the molecule is Cc1[nH]ncc1CN(C)C[C@@H]1CCOC(C)(C)C1. The fourth-order valence-electron chi connectivity index (χ4n) is 2.85. The highest BCUT2D eigenvalue weighted by Gasteiger charge is 2.29. The summed E-state index contributed by atoms with van der Waals surface area (Å²) in [4.78, 5) is 2.39. The third-order valence-electron chi connectivity index (χ3n) is 3.74. The van der Waals surface area contributed by atoms with Gasteiger partial charge >= 0.3 is 0 Å². The van der Waals surface area contributed by atoms with Crippen molar-refractivity contribution >= 4 is 0 Å². The van der Waals surface area contributed by atoms with Crippen LogP contribution >= 0.6 is 0 Å². The smallest absolute Gasteiger partial charge is 0.0629 e. The van der Waals surface area contributed by atoms with E-state index < -0.39 is 0 Å². The highest BCUT2D eigenvalue weighted by molar-refractivity contribution is 5.13. The van der Waals surface area contributed by atoms with Gasteiger partial charge in [0, 0.05) is 31.0 Å². The Bertz CT molecular complexity index is 386. The van der Waals surface area contributed by atoms with Crippen LogP contribution in [0.5, 0.6) is 0 Å². The molecule has 102 valence electrons. The second kappa shape index (κ2) is 5.41. The van der Waals surface area contributed by atoms with Gasteiger partial charge in [0.15, 0.2) is 0 Å². The van der Waals surface area contributed by atoms with Crippen molar-refractivity contribution in [2.75, 3.05) is 20.2 Å². The Kier molecular flexibility index (Phi) is 4.07. The first-order valence-corrected chi connectivity index (χ1v) is 6.77. The van der Waals surface area contributed by atoms with Crippen LogP contribution in [0, 0.1) is 12.8 Å². The molecular weight excluding hydrogens is 226 g/mol. The van der Waals surface area contributed by atoms with Crippen molar-refractivity contribution in [3.63, 3.8) is 0 Å². The number of nitrogens with one attached hydrogen (secondary N) is 1. The maximum Gasteiger partial charge on any atom is 0.0629 e. The molecule has 2 heterocycles. The topological polar surface area (TPSA) is 41.2 Å². The lowest BCUT2D eigenvalue weighted by Gasteiger charge is -2.37. The summed E-state index contributed by atoms with van der Waals surface area (Å²) in [6.45, 7) is 9.47. The molecule has 0 spiro atoms. The molecule has 1 fully saturated rings. The average molecular weight is 251 g/mol. The number of hydrogen-bond donors (Lipinski definition) is 1. The molecule has 4 nitrogen and oxygen atoms in total. The van der Waals surface area contributed by atoms with Gasteiger partial charge in [0.2, 0.25) is 0 Å². The van der Waals surface area contributed by atoms with Crippen LogP contribution in [0.2, 0.25) is 0 Å². The summed E-state index contributed by atoms with van der Waals surface area (Å²) in [5, 5.41) is 7.07. The second-order valence-electron chi connectivity index (χ2n) is 6.18. The van der Waals surface area contributed by atoms with Gasteiger partial charge in [-0.2, -0.15) is 5.10 Å². The van der Waals surface area contributed by atoms with Crippen molar-refractivity contribution in [3.05, 3.63) is 17.5 Å². The van der Waals surface area contributed by atoms with E-state index in [-0.39, 0.29) is 5.60 Å². The van der Waals surface area contributed by atoms with Gasteiger partial charge in [0.05, 0.1) is 11.8 Å². The van der Waals surface area contributed by atoms with E-state index in [1.54, 1.807) is 0 Å². The number of aromatic nitrogens is 2. The van der Waals surface area contributed by atoms with E-state index >= 15 is 0 Å². The van der Waals surface area contributed by atoms with Crippen LogP contribution in [-0.4, -0.2) is 40.9 Å². The van der Waals surface area contributed by atoms with Crippen LogP contribution < -0.4 is 0 Å². The standard InChI is InChI=1S/C14H25N3O/c1-11-13(8-15-16-11)10-17(4)9-12-5-6-18-14(2,3)7-12/h8,12H,5-7,9-10H2,1-4H3,(H,15,16)/t12-/m1/s1. The lowest BCUT2D eigenvalue weighted by molar-refractivity contribution is -0.0761. The molecule has 18 heavy (non-hydrogen) atoms. The van der Waals surface area contributed by atoms with Gasteiger partial charge in [-0.3, -0.25) is 5.10 Å². The Morgan fingerprint density at radius 2 is 2.33 bits per heavy atom. The van der Waals surface area contributed by atoms with Gasteiger partial charge in [-0.05, 0) is 46.6 Å². The van der Waals surface area contributed by atoms with Crippen LogP contribution in [0.25, 0.3) is 0 Å². The van der Waals surface area contributed by atoms with Crippen LogP contribution in [0.1, 0.15) is 37.9 Å². The molecule has 1 N–H and O–H groups in total. The molecule has 0 radical (unpaired) electrons. The summed E-state index contributed by atoms with van der Waals surface area (Å²) in [7, 11) is 2.19. The van der Waals surface area contributed by atoms with Crippen LogP contribution in [-0.2, 0) is 11.3 Å².